The van der Waals surface area contributed by atoms with Gasteiger partial charge >= 0.3 is 12.2 Å². The van der Waals surface area contributed by atoms with E-state index in [0.717, 1.165) is 82.0 Å². The molecule has 4 atom stereocenters. The van der Waals surface area contributed by atoms with Gasteiger partial charge in [-0.2, -0.15) is 0 Å². The van der Waals surface area contributed by atoms with Crippen molar-refractivity contribution in [2.75, 3.05) is 27.3 Å². The molecule has 306 valence electrons. The minimum Gasteiger partial charge on any atom is -0.488 e. The molecule has 16 heteroatoms. The Bertz CT molecular complexity index is 2040. The molecule has 0 aliphatic carbocycles. The van der Waals surface area contributed by atoms with Crippen LogP contribution in [0, 0.1) is 11.8 Å². The molecule has 58 heavy (non-hydrogen) atoms. The number of hydrogen-bond donors (Lipinski definition) is 4. The molecule has 0 radical (unpaired) electrons. The smallest absolute Gasteiger partial charge is 0.407 e. The Morgan fingerprint density at radius 3 is 1.48 bits per heavy atom. The van der Waals surface area contributed by atoms with Crippen molar-refractivity contribution in [3.8, 4) is 45.1 Å². The van der Waals surface area contributed by atoms with Gasteiger partial charge in [0.05, 0.1) is 50.1 Å². The number of imidazole rings is 2. The second-order valence-corrected chi connectivity index (χ2v) is 16.1. The highest BCUT2D eigenvalue weighted by atomic mass is 16.5. The summed E-state index contributed by atoms with van der Waals surface area (Å²) in [5, 5.41) is 5.40. The molecule has 0 bridgehead atoms. The zero-order valence-corrected chi connectivity index (χ0v) is 33.6. The maximum absolute atomic E-state index is 13.7. The molecule has 4 N–H and O–H groups in total. The maximum Gasteiger partial charge on any atom is 0.407 e. The van der Waals surface area contributed by atoms with Gasteiger partial charge in [-0.15, -0.1) is 0 Å². The van der Waals surface area contributed by atoms with E-state index in [-0.39, 0.29) is 35.7 Å². The first kappa shape index (κ1) is 38.8. The number of hydrogen-bond acceptors (Lipinski definition) is 10. The monoisotopic (exact) mass is 794 g/mol. The lowest BCUT2D eigenvalue weighted by atomic mass is 9.87. The molecule has 16 nitrogen and oxygen atoms in total. The molecule has 6 heterocycles. The number of methoxy groups -OCH3 is 2. The van der Waals surface area contributed by atoms with E-state index in [0.29, 0.717) is 38.0 Å². The van der Waals surface area contributed by atoms with E-state index in [9.17, 15) is 19.2 Å². The Kier molecular flexibility index (Phi) is 10.5. The molecule has 4 aliphatic heterocycles. The van der Waals surface area contributed by atoms with Gasteiger partial charge in [0.1, 0.15) is 48.4 Å². The van der Waals surface area contributed by atoms with Gasteiger partial charge in [-0.05, 0) is 61.8 Å². The molecule has 2 fully saturated rings. The minimum atomic E-state index is -0.712. The summed E-state index contributed by atoms with van der Waals surface area (Å²) in [5.74, 6) is 2.33. The summed E-state index contributed by atoms with van der Waals surface area (Å²) in [6.07, 6.45) is 5.46. The van der Waals surface area contributed by atoms with E-state index >= 15 is 0 Å². The lowest BCUT2D eigenvalue weighted by molar-refractivity contribution is -0.136. The predicted molar refractivity (Wildman–Crippen MR) is 211 cm³/mol. The van der Waals surface area contributed by atoms with E-state index in [1.807, 2.05) is 39.8 Å². The third-order valence-electron chi connectivity index (χ3n) is 11.7. The number of nitrogens with one attached hydrogen (secondary N) is 4. The molecular weight excluding hydrogens is 745 g/mol. The molecule has 0 spiro atoms. The Morgan fingerprint density at radius 2 is 1.10 bits per heavy atom. The normalized spacial score (nSPS) is 19.0. The maximum atomic E-state index is 13.7. The van der Waals surface area contributed by atoms with Gasteiger partial charge in [-0.25, -0.2) is 19.6 Å². The number of aromatic amines is 2. The van der Waals surface area contributed by atoms with E-state index < -0.39 is 24.3 Å². The van der Waals surface area contributed by atoms with Crippen LogP contribution >= 0.6 is 0 Å². The van der Waals surface area contributed by atoms with Crippen LogP contribution in [-0.4, -0.2) is 93.1 Å². The highest BCUT2D eigenvalue weighted by Crippen LogP contribution is 2.51. The first-order chi connectivity index (χ1) is 27.9. The lowest BCUT2D eigenvalue weighted by Crippen LogP contribution is -2.51. The van der Waals surface area contributed by atoms with E-state index in [1.165, 1.54) is 14.2 Å². The Labute approximate surface area is 336 Å². The topological polar surface area (TPSA) is 193 Å². The van der Waals surface area contributed by atoms with E-state index in [4.69, 9.17) is 28.9 Å². The average molecular weight is 795 g/mol. The first-order valence-corrected chi connectivity index (χ1v) is 20.0. The van der Waals surface area contributed by atoms with Gasteiger partial charge in [0.15, 0.2) is 0 Å². The summed E-state index contributed by atoms with van der Waals surface area (Å²) in [5.41, 5.74) is 7.39. The molecule has 4 aliphatic rings. The fraction of sp³-hybridized carbons (Fsp3) is 0.476. The molecule has 0 unspecified atom stereocenters. The molecule has 4 amide bonds. The van der Waals surface area contributed by atoms with Crippen molar-refractivity contribution in [3.63, 3.8) is 0 Å². The van der Waals surface area contributed by atoms with Crippen molar-refractivity contribution in [1.82, 2.24) is 40.4 Å². The fourth-order valence-corrected chi connectivity index (χ4v) is 8.68. The van der Waals surface area contributed by atoms with Crippen molar-refractivity contribution in [3.05, 3.63) is 59.4 Å². The number of likely N-dealkylation sites (tertiary alicyclic amines) is 2. The number of carbonyl (C=O) groups excluding carboxylic acids is 4. The largest absolute Gasteiger partial charge is 0.488 e. The quantitative estimate of drug-likeness (QED) is 0.148. The minimum absolute atomic E-state index is 0.125. The number of amides is 4. The summed E-state index contributed by atoms with van der Waals surface area (Å²) >= 11 is 0. The fourth-order valence-electron chi connectivity index (χ4n) is 8.68. The molecule has 2 aromatic carbocycles. The standard InChI is InChI=1S/C42H50N8O8/c1-21(2)35(47-41(53)55-5)39(51)49-11-7-9-29(49)37-43-17-27(45-37)23-13-25-19-58-32-16-24(14-26-20-57-31(15-23)33(25)34(26)32)28-18-44-38(46-28)30-10-8-12-50(30)40(52)36(22(3)4)48-42(54)56-6/h13-18,21-22,29-30,35-36H,7-12,19-20H2,1-6H3,(H,43,45)(H,44,46)(H,47,53)(H,48,54)/t29-,30-,35-,36-/m0/s1. The zero-order chi connectivity index (χ0) is 40.8. The van der Waals surface area contributed by atoms with Gasteiger partial charge in [0.25, 0.3) is 0 Å². The molecule has 2 aromatic heterocycles. The molecule has 2 saturated heterocycles. The van der Waals surface area contributed by atoms with Crippen LogP contribution in [0.5, 0.6) is 11.5 Å². The van der Waals surface area contributed by atoms with Crippen molar-refractivity contribution in [2.45, 2.75) is 90.8 Å². The van der Waals surface area contributed by atoms with Crippen LogP contribution in [0.25, 0.3) is 33.6 Å². The molecular formula is C42H50N8O8. The average Bonchev–Trinajstić information content (AvgIpc) is 4.06. The first-order valence-electron chi connectivity index (χ1n) is 20.0. The number of aromatic nitrogens is 4. The number of carbonyl (C=O) groups is 4. The van der Waals surface area contributed by atoms with Gasteiger partial charge in [-0.1, -0.05) is 27.7 Å². The van der Waals surface area contributed by atoms with Crippen molar-refractivity contribution in [1.29, 1.82) is 0 Å². The lowest BCUT2D eigenvalue weighted by Gasteiger charge is -2.30. The zero-order valence-electron chi connectivity index (χ0n) is 33.6. The number of ether oxygens (including phenoxy) is 4. The summed E-state index contributed by atoms with van der Waals surface area (Å²) < 4.78 is 22.4. The van der Waals surface area contributed by atoms with Crippen LogP contribution in [-0.2, 0) is 32.3 Å². The van der Waals surface area contributed by atoms with Crippen LogP contribution in [0.4, 0.5) is 9.59 Å². The Hall–Kier alpha value is -6.06. The molecule has 0 saturated carbocycles. The summed E-state index contributed by atoms with van der Waals surface area (Å²) in [6.45, 7) is 9.41. The number of H-pyrrole nitrogens is 2. The number of benzene rings is 2. The molecule has 8 rings (SSSR count). The van der Waals surface area contributed by atoms with E-state index in [1.54, 1.807) is 22.2 Å². The summed E-state index contributed by atoms with van der Waals surface area (Å²) in [4.78, 5) is 71.4. The van der Waals surface area contributed by atoms with Gasteiger partial charge in [-0.3, -0.25) is 9.59 Å². The van der Waals surface area contributed by atoms with Crippen LogP contribution in [0.15, 0.2) is 36.7 Å². The summed E-state index contributed by atoms with van der Waals surface area (Å²) in [6, 6.07) is 6.31. The van der Waals surface area contributed by atoms with Crippen LogP contribution < -0.4 is 20.1 Å². The second kappa shape index (κ2) is 15.7. The van der Waals surface area contributed by atoms with Crippen molar-refractivity contribution in [2.24, 2.45) is 11.8 Å². The number of nitrogens with zero attached hydrogens (tertiary/aromatic N) is 4. The van der Waals surface area contributed by atoms with Gasteiger partial charge in [0, 0.05) is 46.5 Å². The Balaban J connectivity index is 1.01. The Morgan fingerprint density at radius 1 is 0.690 bits per heavy atom. The third-order valence-corrected chi connectivity index (χ3v) is 11.7. The van der Waals surface area contributed by atoms with E-state index in [2.05, 4.69) is 32.7 Å². The molecule has 4 aromatic rings. The van der Waals surface area contributed by atoms with Gasteiger partial charge in [0.2, 0.25) is 11.8 Å². The highest BCUT2D eigenvalue weighted by Gasteiger charge is 2.39. The van der Waals surface area contributed by atoms with Crippen molar-refractivity contribution < 1.29 is 38.1 Å². The number of rotatable bonds is 10. The van der Waals surface area contributed by atoms with Crippen molar-refractivity contribution >= 4 is 24.0 Å². The van der Waals surface area contributed by atoms with Gasteiger partial charge < -0.3 is 49.3 Å². The van der Waals surface area contributed by atoms with Crippen LogP contribution in [0.2, 0.25) is 0 Å². The van der Waals surface area contributed by atoms with Crippen LogP contribution in [0.3, 0.4) is 0 Å². The second-order valence-electron chi connectivity index (χ2n) is 16.1. The third kappa shape index (κ3) is 7.08. The summed E-state index contributed by atoms with van der Waals surface area (Å²) in [7, 11) is 2.57. The predicted octanol–water partition coefficient (Wildman–Crippen LogP) is 6.01. The highest BCUT2D eigenvalue weighted by molar-refractivity contribution is 5.89. The SMILES string of the molecule is COC(=O)N[C@H](C(=O)N1CCC[C@H]1c1ncc(-c2cc3c4c(c2)OCc2cc(-c5cnc([C@@H]6CCCN6C(=O)[C@@H](NC(=O)OC)C(C)C)[nH]5)cc(c2-4)OC3)[nH]1)C(C)C. The number of alkyl carbamates (subject to hydrolysis) is 2. The van der Waals surface area contributed by atoms with Crippen LogP contribution in [0.1, 0.15) is 88.2 Å².